The number of thiophene rings is 1. The van der Waals surface area contributed by atoms with Crippen molar-refractivity contribution in [2.45, 2.75) is 39.2 Å². The first kappa shape index (κ1) is 16.1. The predicted octanol–water partition coefficient (Wildman–Crippen LogP) is 4.82. The third-order valence-electron chi connectivity index (χ3n) is 3.57. The predicted molar refractivity (Wildman–Crippen MR) is 91.3 cm³/mol. The second kappa shape index (κ2) is 8.85. The lowest BCUT2D eigenvalue weighted by molar-refractivity contribution is 0.322. The molecule has 1 aromatic carbocycles. The highest BCUT2D eigenvalue weighted by molar-refractivity contribution is 7.07. The molecule has 2 aromatic rings. The molecule has 21 heavy (non-hydrogen) atoms. The van der Waals surface area contributed by atoms with Crippen molar-refractivity contribution in [1.82, 2.24) is 5.32 Å². The highest BCUT2D eigenvalue weighted by Gasteiger charge is 2.07. The fraction of sp³-hybridized carbons (Fsp3) is 0.444. The molecule has 2 rings (SSSR count). The van der Waals surface area contributed by atoms with E-state index in [-0.39, 0.29) is 0 Å². The van der Waals surface area contributed by atoms with Gasteiger partial charge in [-0.25, -0.2) is 0 Å². The molecule has 0 saturated heterocycles. The van der Waals surface area contributed by atoms with Gasteiger partial charge in [0, 0.05) is 12.5 Å². The molecule has 1 unspecified atom stereocenters. The van der Waals surface area contributed by atoms with Crippen LogP contribution in [0.3, 0.4) is 0 Å². The summed E-state index contributed by atoms with van der Waals surface area (Å²) in [6.07, 6.45) is 3.25. The van der Waals surface area contributed by atoms with Gasteiger partial charge in [0.1, 0.15) is 5.75 Å². The summed E-state index contributed by atoms with van der Waals surface area (Å²) in [6.45, 7) is 6.22. The molecule has 0 amide bonds. The van der Waals surface area contributed by atoms with Crippen LogP contribution in [0.25, 0.3) is 0 Å². The average molecular weight is 303 g/mol. The van der Waals surface area contributed by atoms with Crippen molar-refractivity contribution in [3.8, 4) is 5.75 Å². The maximum Gasteiger partial charge on any atom is 0.119 e. The van der Waals surface area contributed by atoms with Gasteiger partial charge in [-0.2, -0.15) is 11.3 Å². The van der Waals surface area contributed by atoms with Gasteiger partial charge in [-0.05, 0) is 59.5 Å². The van der Waals surface area contributed by atoms with Crippen LogP contribution >= 0.6 is 11.3 Å². The van der Waals surface area contributed by atoms with E-state index >= 15 is 0 Å². The van der Waals surface area contributed by atoms with Gasteiger partial charge in [0.05, 0.1) is 6.61 Å². The molecular formula is C18H25NOS. The van der Waals surface area contributed by atoms with Crippen LogP contribution in [0.5, 0.6) is 5.75 Å². The Bertz CT molecular complexity index is 492. The van der Waals surface area contributed by atoms with E-state index in [1.807, 2.05) is 0 Å². The molecule has 0 spiro atoms. The Hall–Kier alpha value is -1.32. The number of hydrogen-bond acceptors (Lipinski definition) is 3. The minimum Gasteiger partial charge on any atom is -0.493 e. The Morgan fingerprint density at radius 2 is 1.95 bits per heavy atom. The summed E-state index contributed by atoms with van der Waals surface area (Å²) < 4.78 is 5.81. The van der Waals surface area contributed by atoms with Crippen LogP contribution in [-0.2, 0) is 6.42 Å². The second-order valence-corrected chi connectivity index (χ2v) is 5.99. The summed E-state index contributed by atoms with van der Waals surface area (Å²) in [6, 6.07) is 11.1. The average Bonchev–Trinajstić information content (AvgIpc) is 3.03. The second-order valence-electron chi connectivity index (χ2n) is 5.21. The summed E-state index contributed by atoms with van der Waals surface area (Å²) in [5, 5.41) is 7.86. The maximum atomic E-state index is 5.81. The molecule has 0 aliphatic rings. The normalized spacial score (nSPS) is 12.3. The first-order valence-corrected chi connectivity index (χ1v) is 8.75. The van der Waals surface area contributed by atoms with E-state index < -0.39 is 0 Å². The van der Waals surface area contributed by atoms with Gasteiger partial charge in [0.2, 0.25) is 0 Å². The zero-order valence-corrected chi connectivity index (χ0v) is 13.8. The number of rotatable bonds is 9. The molecule has 1 N–H and O–H groups in total. The van der Waals surface area contributed by atoms with E-state index in [1.165, 1.54) is 17.5 Å². The van der Waals surface area contributed by atoms with Crippen molar-refractivity contribution in [2.24, 2.45) is 0 Å². The van der Waals surface area contributed by atoms with E-state index in [2.05, 4.69) is 60.3 Å². The van der Waals surface area contributed by atoms with E-state index in [0.29, 0.717) is 6.04 Å². The molecule has 114 valence electrons. The number of benzene rings is 1. The zero-order chi connectivity index (χ0) is 14.9. The molecule has 0 aliphatic heterocycles. The van der Waals surface area contributed by atoms with Gasteiger partial charge in [-0.15, -0.1) is 0 Å². The molecule has 0 saturated carbocycles. The van der Waals surface area contributed by atoms with Crippen molar-refractivity contribution in [2.75, 3.05) is 13.2 Å². The van der Waals surface area contributed by atoms with Gasteiger partial charge in [0.25, 0.3) is 0 Å². The molecule has 2 nitrogen and oxygen atoms in total. The summed E-state index contributed by atoms with van der Waals surface area (Å²) in [5.74, 6) is 0.958. The first-order valence-electron chi connectivity index (χ1n) is 7.80. The largest absolute Gasteiger partial charge is 0.493 e. The molecule has 3 heteroatoms. The summed E-state index contributed by atoms with van der Waals surface area (Å²) >= 11 is 1.74. The Morgan fingerprint density at radius 1 is 1.14 bits per heavy atom. The van der Waals surface area contributed by atoms with Crippen LogP contribution in [0.15, 0.2) is 41.1 Å². The molecule has 1 heterocycles. The van der Waals surface area contributed by atoms with Crippen LogP contribution in [0.4, 0.5) is 0 Å². The van der Waals surface area contributed by atoms with Gasteiger partial charge >= 0.3 is 0 Å². The van der Waals surface area contributed by atoms with Crippen LogP contribution in [0, 0.1) is 0 Å². The first-order chi connectivity index (χ1) is 10.3. The van der Waals surface area contributed by atoms with Crippen molar-refractivity contribution in [1.29, 1.82) is 0 Å². The number of nitrogens with one attached hydrogen (secondary N) is 1. The van der Waals surface area contributed by atoms with Gasteiger partial charge in [-0.3, -0.25) is 0 Å². The fourth-order valence-corrected chi connectivity index (χ4v) is 3.04. The molecule has 1 aromatic heterocycles. The lowest BCUT2D eigenvalue weighted by Crippen LogP contribution is -2.21. The van der Waals surface area contributed by atoms with Crippen LogP contribution in [-0.4, -0.2) is 13.2 Å². The van der Waals surface area contributed by atoms with Gasteiger partial charge < -0.3 is 10.1 Å². The van der Waals surface area contributed by atoms with Crippen LogP contribution in [0.2, 0.25) is 0 Å². The Kier molecular flexibility index (Phi) is 6.77. The number of ether oxygens (including phenoxy) is 1. The Morgan fingerprint density at radius 3 is 2.57 bits per heavy atom. The zero-order valence-electron chi connectivity index (χ0n) is 13.0. The maximum absolute atomic E-state index is 5.81. The lowest BCUT2D eigenvalue weighted by atomic mass is 10.0. The molecule has 0 aliphatic carbocycles. The quantitative estimate of drug-likeness (QED) is 0.717. The van der Waals surface area contributed by atoms with E-state index in [4.69, 9.17) is 4.74 Å². The van der Waals surface area contributed by atoms with E-state index in [1.54, 1.807) is 11.3 Å². The van der Waals surface area contributed by atoms with Crippen LogP contribution < -0.4 is 10.1 Å². The van der Waals surface area contributed by atoms with Gasteiger partial charge in [0.15, 0.2) is 0 Å². The standard InChI is InChI=1S/C18H25NOS/c1-3-11-19-18(4-2)16-5-7-17(8-6-16)20-12-9-15-10-13-21-14-15/h5-8,10,13-14,18-19H,3-4,9,11-12H2,1-2H3. The highest BCUT2D eigenvalue weighted by atomic mass is 32.1. The van der Waals surface area contributed by atoms with Crippen molar-refractivity contribution >= 4 is 11.3 Å². The minimum absolute atomic E-state index is 0.449. The lowest BCUT2D eigenvalue weighted by Gasteiger charge is -2.17. The summed E-state index contributed by atoms with van der Waals surface area (Å²) in [5.41, 5.74) is 2.70. The van der Waals surface area contributed by atoms with Crippen molar-refractivity contribution < 1.29 is 4.74 Å². The molecule has 0 bridgehead atoms. The highest BCUT2D eigenvalue weighted by Crippen LogP contribution is 2.20. The van der Waals surface area contributed by atoms with Crippen molar-refractivity contribution in [3.63, 3.8) is 0 Å². The molecule has 0 radical (unpaired) electrons. The van der Waals surface area contributed by atoms with Crippen molar-refractivity contribution in [3.05, 3.63) is 52.2 Å². The van der Waals surface area contributed by atoms with Crippen LogP contribution in [0.1, 0.15) is 43.9 Å². The monoisotopic (exact) mass is 303 g/mol. The third kappa shape index (κ3) is 5.18. The van der Waals surface area contributed by atoms with Gasteiger partial charge in [-0.1, -0.05) is 26.0 Å². The van der Waals surface area contributed by atoms with E-state index in [9.17, 15) is 0 Å². The Balaban J connectivity index is 1.83. The smallest absolute Gasteiger partial charge is 0.119 e. The third-order valence-corrected chi connectivity index (χ3v) is 4.30. The molecular weight excluding hydrogens is 278 g/mol. The number of hydrogen-bond donors (Lipinski definition) is 1. The summed E-state index contributed by atoms with van der Waals surface area (Å²) in [4.78, 5) is 0. The topological polar surface area (TPSA) is 21.3 Å². The van der Waals surface area contributed by atoms with E-state index in [0.717, 1.165) is 31.7 Å². The molecule has 0 fully saturated rings. The summed E-state index contributed by atoms with van der Waals surface area (Å²) in [7, 11) is 0. The molecule has 1 atom stereocenters. The Labute approximate surface area is 132 Å². The SMILES string of the molecule is CCCNC(CC)c1ccc(OCCc2ccsc2)cc1. The minimum atomic E-state index is 0.449. The fourth-order valence-electron chi connectivity index (χ4n) is 2.33.